The summed E-state index contributed by atoms with van der Waals surface area (Å²) < 4.78 is 5.31. The van der Waals surface area contributed by atoms with Crippen molar-refractivity contribution in [1.29, 1.82) is 0 Å². The summed E-state index contributed by atoms with van der Waals surface area (Å²) in [6, 6.07) is 7.44. The van der Waals surface area contributed by atoms with Crippen LogP contribution in [0.5, 0.6) is 5.75 Å². The molecule has 2 N–H and O–H groups in total. The largest absolute Gasteiger partial charge is 0.496 e. The Kier molecular flexibility index (Phi) is 5.20. The van der Waals surface area contributed by atoms with Gasteiger partial charge in [-0.1, -0.05) is 17.3 Å². The van der Waals surface area contributed by atoms with E-state index in [2.05, 4.69) is 15.8 Å². The van der Waals surface area contributed by atoms with E-state index < -0.39 is 5.60 Å². The van der Waals surface area contributed by atoms with Crippen LogP contribution < -0.4 is 15.4 Å². The van der Waals surface area contributed by atoms with Gasteiger partial charge in [-0.3, -0.25) is 9.59 Å². The van der Waals surface area contributed by atoms with Crippen LogP contribution in [0.25, 0.3) is 0 Å². The van der Waals surface area contributed by atoms with Crippen molar-refractivity contribution in [1.82, 2.24) is 10.6 Å². The molecular formula is C16H21N3O4. The average Bonchev–Trinajstić information content (AvgIpc) is 2.98. The van der Waals surface area contributed by atoms with E-state index in [1.54, 1.807) is 21.1 Å². The molecule has 124 valence electrons. The van der Waals surface area contributed by atoms with Crippen LogP contribution in [0.2, 0.25) is 0 Å². The highest BCUT2D eigenvalue weighted by Gasteiger charge is 2.42. The number of rotatable bonds is 6. The normalized spacial score (nSPS) is 19.5. The lowest BCUT2D eigenvalue weighted by molar-refractivity contribution is -0.141. The van der Waals surface area contributed by atoms with Crippen molar-refractivity contribution in [2.45, 2.75) is 25.4 Å². The summed E-state index contributed by atoms with van der Waals surface area (Å²) in [5.74, 6) is 0.253. The van der Waals surface area contributed by atoms with E-state index >= 15 is 0 Å². The fourth-order valence-corrected chi connectivity index (χ4v) is 2.29. The summed E-state index contributed by atoms with van der Waals surface area (Å²) in [7, 11) is 3.14. The lowest BCUT2D eigenvalue weighted by Crippen LogP contribution is -2.45. The highest BCUT2D eigenvalue weighted by molar-refractivity contribution is 6.07. The second kappa shape index (κ2) is 7.13. The summed E-state index contributed by atoms with van der Waals surface area (Å²) in [5, 5.41) is 9.25. The van der Waals surface area contributed by atoms with Crippen LogP contribution in [0.4, 0.5) is 0 Å². The number of carbonyl (C=O) groups is 2. The maximum Gasteiger partial charge on any atom is 0.267 e. The SMILES string of the molecule is CNC(=O)CCNC(=O)C1(C)CC(c2ccccc2OC)=NO1. The maximum atomic E-state index is 12.3. The number of ether oxygens (including phenoxy) is 1. The smallest absolute Gasteiger partial charge is 0.267 e. The van der Waals surface area contributed by atoms with Gasteiger partial charge in [-0.2, -0.15) is 0 Å². The molecule has 0 aromatic heterocycles. The Hall–Kier alpha value is -2.57. The molecule has 23 heavy (non-hydrogen) atoms. The van der Waals surface area contributed by atoms with E-state index in [0.29, 0.717) is 17.9 Å². The van der Waals surface area contributed by atoms with Gasteiger partial charge in [0, 0.05) is 32.0 Å². The average molecular weight is 319 g/mol. The molecule has 1 unspecified atom stereocenters. The fraction of sp³-hybridized carbons (Fsp3) is 0.438. The van der Waals surface area contributed by atoms with Crippen LogP contribution >= 0.6 is 0 Å². The Balaban J connectivity index is 1.99. The number of nitrogens with zero attached hydrogens (tertiary/aromatic N) is 1. The second-order valence-corrected chi connectivity index (χ2v) is 5.42. The highest BCUT2D eigenvalue weighted by Crippen LogP contribution is 2.30. The second-order valence-electron chi connectivity index (χ2n) is 5.42. The van der Waals surface area contributed by atoms with Gasteiger partial charge in [-0.05, 0) is 19.1 Å². The van der Waals surface area contributed by atoms with Gasteiger partial charge in [0.2, 0.25) is 11.5 Å². The standard InChI is InChI=1S/C16H21N3O4/c1-16(15(21)18-9-8-14(20)17-2)10-12(19-23-16)11-6-4-5-7-13(11)22-3/h4-7H,8-10H2,1-3H3,(H,17,20)(H,18,21). The monoisotopic (exact) mass is 319 g/mol. The fourth-order valence-electron chi connectivity index (χ4n) is 2.29. The summed E-state index contributed by atoms with van der Waals surface area (Å²) in [6.45, 7) is 1.93. The van der Waals surface area contributed by atoms with Crippen molar-refractivity contribution in [3.8, 4) is 5.75 Å². The number of amides is 2. The number of oxime groups is 1. The molecule has 1 aromatic carbocycles. The van der Waals surface area contributed by atoms with Gasteiger partial charge in [0.05, 0.1) is 12.8 Å². The molecule has 0 bridgehead atoms. The molecule has 0 radical (unpaired) electrons. The molecule has 0 fully saturated rings. The third kappa shape index (κ3) is 3.80. The summed E-state index contributed by atoms with van der Waals surface area (Å²) in [4.78, 5) is 28.8. The molecule has 7 heteroatoms. The predicted molar refractivity (Wildman–Crippen MR) is 85.3 cm³/mol. The number of hydrogen-bond acceptors (Lipinski definition) is 5. The lowest BCUT2D eigenvalue weighted by Gasteiger charge is -2.20. The molecule has 0 spiro atoms. The van der Waals surface area contributed by atoms with Crippen molar-refractivity contribution in [3.05, 3.63) is 29.8 Å². The van der Waals surface area contributed by atoms with Crippen molar-refractivity contribution in [3.63, 3.8) is 0 Å². The van der Waals surface area contributed by atoms with Crippen molar-refractivity contribution < 1.29 is 19.2 Å². The number of methoxy groups -OCH3 is 1. The van der Waals surface area contributed by atoms with Gasteiger partial charge in [0.15, 0.2) is 0 Å². The molecule has 1 atom stereocenters. The summed E-state index contributed by atoms with van der Waals surface area (Å²) in [6.07, 6.45) is 0.553. The lowest BCUT2D eigenvalue weighted by atomic mass is 9.94. The minimum atomic E-state index is -1.08. The van der Waals surface area contributed by atoms with E-state index in [4.69, 9.17) is 9.57 Å². The Morgan fingerprint density at radius 3 is 2.83 bits per heavy atom. The number of carbonyl (C=O) groups excluding carboxylic acids is 2. The van der Waals surface area contributed by atoms with Crippen molar-refractivity contribution in [2.75, 3.05) is 20.7 Å². The van der Waals surface area contributed by atoms with Gasteiger partial charge < -0.3 is 20.2 Å². The molecule has 1 aliphatic heterocycles. The van der Waals surface area contributed by atoms with Gasteiger partial charge in [0.1, 0.15) is 5.75 Å². The van der Waals surface area contributed by atoms with Crippen LogP contribution in [-0.2, 0) is 14.4 Å². The molecular weight excluding hydrogens is 298 g/mol. The maximum absolute atomic E-state index is 12.3. The Labute approximate surface area is 135 Å². The summed E-state index contributed by atoms with van der Waals surface area (Å²) >= 11 is 0. The van der Waals surface area contributed by atoms with E-state index in [1.165, 1.54) is 0 Å². The first-order valence-electron chi connectivity index (χ1n) is 7.37. The van der Waals surface area contributed by atoms with E-state index in [9.17, 15) is 9.59 Å². The van der Waals surface area contributed by atoms with Gasteiger partial charge >= 0.3 is 0 Å². The third-order valence-electron chi connectivity index (χ3n) is 3.68. The van der Waals surface area contributed by atoms with Crippen LogP contribution in [0.3, 0.4) is 0 Å². The molecule has 2 amide bonds. The minimum Gasteiger partial charge on any atom is -0.496 e. The van der Waals surface area contributed by atoms with Crippen LogP contribution in [-0.4, -0.2) is 43.8 Å². The Morgan fingerprint density at radius 1 is 1.39 bits per heavy atom. The first-order chi connectivity index (χ1) is 11.0. The number of para-hydroxylation sites is 1. The van der Waals surface area contributed by atoms with Gasteiger partial charge in [-0.25, -0.2) is 0 Å². The first kappa shape index (κ1) is 16.8. The van der Waals surface area contributed by atoms with E-state index in [1.807, 2.05) is 24.3 Å². The molecule has 0 aliphatic carbocycles. The number of nitrogens with one attached hydrogen (secondary N) is 2. The molecule has 0 saturated carbocycles. The first-order valence-corrected chi connectivity index (χ1v) is 7.37. The Morgan fingerprint density at radius 2 is 2.13 bits per heavy atom. The molecule has 1 heterocycles. The Bertz CT molecular complexity index is 630. The van der Waals surface area contributed by atoms with E-state index in [-0.39, 0.29) is 24.8 Å². The topological polar surface area (TPSA) is 89.0 Å². The molecule has 0 saturated heterocycles. The van der Waals surface area contributed by atoms with Gasteiger partial charge in [-0.15, -0.1) is 0 Å². The zero-order valence-electron chi connectivity index (χ0n) is 13.5. The van der Waals surface area contributed by atoms with Crippen LogP contribution in [0, 0.1) is 0 Å². The number of hydrogen-bond donors (Lipinski definition) is 2. The molecule has 1 aromatic rings. The number of benzene rings is 1. The zero-order valence-corrected chi connectivity index (χ0v) is 13.5. The van der Waals surface area contributed by atoms with Gasteiger partial charge in [0.25, 0.3) is 5.91 Å². The van der Waals surface area contributed by atoms with Crippen LogP contribution in [0.15, 0.2) is 29.4 Å². The molecule has 7 nitrogen and oxygen atoms in total. The van der Waals surface area contributed by atoms with Crippen molar-refractivity contribution in [2.24, 2.45) is 5.16 Å². The van der Waals surface area contributed by atoms with E-state index in [0.717, 1.165) is 5.56 Å². The molecule has 2 rings (SSSR count). The van der Waals surface area contributed by atoms with Crippen molar-refractivity contribution >= 4 is 17.5 Å². The third-order valence-corrected chi connectivity index (χ3v) is 3.68. The quantitative estimate of drug-likeness (QED) is 0.813. The van der Waals surface area contributed by atoms with Crippen LogP contribution in [0.1, 0.15) is 25.3 Å². The highest BCUT2D eigenvalue weighted by atomic mass is 16.7. The zero-order chi connectivity index (χ0) is 16.9. The molecule has 1 aliphatic rings. The summed E-state index contributed by atoms with van der Waals surface area (Å²) in [5.41, 5.74) is 0.377. The minimum absolute atomic E-state index is 0.131. The predicted octanol–water partition coefficient (Wildman–Crippen LogP) is 0.831.